The molecule has 2 aliphatic heterocycles. The van der Waals surface area contributed by atoms with E-state index in [2.05, 4.69) is 44.5 Å². The van der Waals surface area contributed by atoms with Crippen LogP contribution in [0.15, 0.2) is 29.3 Å². The molecular weight excluding hydrogens is 390 g/mol. The molecule has 2 N–H and O–H groups in total. The summed E-state index contributed by atoms with van der Waals surface area (Å²) in [6.07, 6.45) is 3.82. The lowest BCUT2D eigenvalue weighted by molar-refractivity contribution is 0.0170. The summed E-state index contributed by atoms with van der Waals surface area (Å²) >= 11 is 0. The topological polar surface area (TPSA) is 61.4 Å². The van der Waals surface area contributed by atoms with Crippen molar-refractivity contribution in [3.63, 3.8) is 0 Å². The summed E-state index contributed by atoms with van der Waals surface area (Å²) in [5, 5.41) is 7.04. The molecule has 3 rings (SSSR count). The van der Waals surface area contributed by atoms with Gasteiger partial charge in [0.1, 0.15) is 5.75 Å². The van der Waals surface area contributed by atoms with E-state index in [4.69, 9.17) is 9.47 Å². The second kappa shape index (κ2) is 12.9. The van der Waals surface area contributed by atoms with E-state index in [0.29, 0.717) is 0 Å². The van der Waals surface area contributed by atoms with Crippen molar-refractivity contribution in [1.82, 2.24) is 20.4 Å². The van der Waals surface area contributed by atoms with Gasteiger partial charge in [0.25, 0.3) is 0 Å². The summed E-state index contributed by atoms with van der Waals surface area (Å²) in [5.74, 6) is 2.65. The molecule has 31 heavy (non-hydrogen) atoms. The quantitative estimate of drug-likeness (QED) is 0.356. The van der Waals surface area contributed by atoms with Crippen LogP contribution in [0.25, 0.3) is 0 Å². The maximum absolute atomic E-state index is 5.57. The zero-order valence-corrected chi connectivity index (χ0v) is 19.6. The molecule has 0 aliphatic carbocycles. The van der Waals surface area contributed by atoms with Crippen LogP contribution in [0.2, 0.25) is 0 Å². The van der Waals surface area contributed by atoms with Gasteiger partial charge in [0, 0.05) is 33.2 Å². The monoisotopic (exact) mass is 431 g/mol. The first-order valence-corrected chi connectivity index (χ1v) is 11.8. The molecule has 0 aromatic heterocycles. The van der Waals surface area contributed by atoms with Gasteiger partial charge in [-0.15, -0.1) is 0 Å². The molecule has 0 saturated carbocycles. The summed E-state index contributed by atoms with van der Waals surface area (Å²) in [5.41, 5.74) is 1.28. The number of aliphatic imine (C=N–C) groups is 1. The normalized spacial score (nSPS) is 20.4. The predicted molar refractivity (Wildman–Crippen MR) is 127 cm³/mol. The SMILES string of the molecule is CN=C(NCCCN1CCC(C)CC1)NCC(c1ccc(OC)cc1)N1CCOCC1. The van der Waals surface area contributed by atoms with E-state index in [0.717, 1.165) is 63.4 Å². The number of hydrogen-bond acceptors (Lipinski definition) is 5. The van der Waals surface area contributed by atoms with Crippen molar-refractivity contribution in [3.8, 4) is 5.75 Å². The Morgan fingerprint density at radius 3 is 2.48 bits per heavy atom. The van der Waals surface area contributed by atoms with Gasteiger partial charge in [0.15, 0.2) is 5.96 Å². The fraction of sp³-hybridized carbons (Fsp3) is 0.708. The Labute approximate surface area is 188 Å². The van der Waals surface area contributed by atoms with E-state index in [9.17, 15) is 0 Å². The smallest absolute Gasteiger partial charge is 0.191 e. The summed E-state index contributed by atoms with van der Waals surface area (Å²) < 4.78 is 10.9. The summed E-state index contributed by atoms with van der Waals surface area (Å²) in [6.45, 7) is 11.2. The Hall–Kier alpha value is -1.83. The van der Waals surface area contributed by atoms with E-state index in [-0.39, 0.29) is 6.04 Å². The fourth-order valence-electron chi connectivity index (χ4n) is 4.38. The minimum atomic E-state index is 0.267. The highest BCUT2D eigenvalue weighted by molar-refractivity contribution is 5.79. The highest BCUT2D eigenvalue weighted by atomic mass is 16.5. The molecule has 1 unspecified atom stereocenters. The van der Waals surface area contributed by atoms with Crippen molar-refractivity contribution < 1.29 is 9.47 Å². The number of methoxy groups -OCH3 is 1. The van der Waals surface area contributed by atoms with Crippen LogP contribution in [0.1, 0.15) is 37.8 Å². The van der Waals surface area contributed by atoms with Gasteiger partial charge in [0.2, 0.25) is 0 Å². The lowest BCUT2D eigenvalue weighted by Crippen LogP contribution is -2.46. The Balaban J connectivity index is 1.47. The number of ether oxygens (including phenoxy) is 2. The number of rotatable bonds is 9. The summed E-state index contributed by atoms with van der Waals surface area (Å²) in [6, 6.07) is 8.67. The molecule has 7 nitrogen and oxygen atoms in total. The number of guanidine groups is 1. The van der Waals surface area contributed by atoms with Crippen molar-refractivity contribution in [2.45, 2.75) is 32.2 Å². The number of likely N-dealkylation sites (tertiary alicyclic amines) is 1. The fourth-order valence-corrected chi connectivity index (χ4v) is 4.38. The number of nitrogens with one attached hydrogen (secondary N) is 2. The van der Waals surface area contributed by atoms with Crippen molar-refractivity contribution in [3.05, 3.63) is 29.8 Å². The number of benzene rings is 1. The molecule has 0 amide bonds. The third kappa shape index (κ3) is 7.66. The Bertz CT molecular complexity index is 652. The van der Waals surface area contributed by atoms with Crippen molar-refractivity contribution in [2.75, 3.05) is 73.2 Å². The molecule has 0 radical (unpaired) electrons. The van der Waals surface area contributed by atoms with E-state index < -0.39 is 0 Å². The first kappa shape index (κ1) is 23.8. The third-order valence-corrected chi connectivity index (χ3v) is 6.49. The van der Waals surface area contributed by atoms with Crippen LogP contribution in [0, 0.1) is 5.92 Å². The lowest BCUT2D eigenvalue weighted by Gasteiger charge is -2.35. The van der Waals surface area contributed by atoms with Gasteiger partial charge in [-0.3, -0.25) is 9.89 Å². The van der Waals surface area contributed by atoms with E-state index in [1.165, 1.54) is 38.0 Å². The van der Waals surface area contributed by atoms with Gasteiger partial charge in [0.05, 0.1) is 26.4 Å². The van der Waals surface area contributed by atoms with Gasteiger partial charge in [-0.25, -0.2) is 0 Å². The second-order valence-corrected chi connectivity index (χ2v) is 8.69. The molecule has 0 bridgehead atoms. The standard InChI is InChI=1S/C24H41N5O2/c1-20-9-13-28(14-10-20)12-4-11-26-24(25-2)27-19-23(29-15-17-31-18-16-29)21-5-7-22(30-3)8-6-21/h5-8,20,23H,4,9-19H2,1-3H3,(H2,25,26,27). The first-order valence-electron chi connectivity index (χ1n) is 11.8. The molecule has 1 atom stereocenters. The average molecular weight is 432 g/mol. The van der Waals surface area contributed by atoms with E-state index >= 15 is 0 Å². The van der Waals surface area contributed by atoms with Crippen molar-refractivity contribution >= 4 is 5.96 Å². The molecule has 2 heterocycles. The van der Waals surface area contributed by atoms with Crippen LogP contribution in [0.4, 0.5) is 0 Å². The molecule has 2 aliphatic rings. The van der Waals surface area contributed by atoms with E-state index in [1.807, 2.05) is 19.2 Å². The Kier molecular flexibility index (Phi) is 9.90. The molecule has 1 aromatic rings. The molecule has 1 aromatic carbocycles. The van der Waals surface area contributed by atoms with E-state index in [1.54, 1.807) is 7.11 Å². The number of morpholine rings is 1. The van der Waals surface area contributed by atoms with Gasteiger partial charge in [-0.05, 0) is 62.5 Å². The summed E-state index contributed by atoms with van der Waals surface area (Å²) in [4.78, 5) is 9.52. The van der Waals surface area contributed by atoms with Crippen molar-refractivity contribution in [2.24, 2.45) is 10.9 Å². The molecule has 2 fully saturated rings. The summed E-state index contributed by atoms with van der Waals surface area (Å²) in [7, 11) is 3.55. The first-order chi connectivity index (χ1) is 15.2. The molecule has 2 saturated heterocycles. The van der Waals surface area contributed by atoms with Gasteiger partial charge in [-0.2, -0.15) is 0 Å². The zero-order chi connectivity index (χ0) is 21.9. The predicted octanol–water partition coefficient (Wildman–Crippen LogP) is 2.36. The van der Waals surface area contributed by atoms with Gasteiger partial charge < -0.3 is 25.0 Å². The second-order valence-electron chi connectivity index (χ2n) is 8.69. The molecular formula is C24H41N5O2. The maximum Gasteiger partial charge on any atom is 0.191 e. The Morgan fingerprint density at radius 1 is 1.13 bits per heavy atom. The minimum Gasteiger partial charge on any atom is -0.497 e. The Morgan fingerprint density at radius 2 is 1.84 bits per heavy atom. The van der Waals surface area contributed by atoms with Crippen LogP contribution in [0.5, 0.6) is 5.75 Å². The largest absolute Gasteiger partial charge is 0.497 e. The van der Waals surface area contributed by atoms with Crippen LogP contribution < -0.4 is 15.4 Å². The highest BCUT2D eigenvalue weighted by Gasteiger charge is 2.23. The van der Waals surface area contributed by atoms with Crippen LogP contribution >= 0.6 is 0 Å². The average Bonchev–Trinajstić information content (AvgIpc) is 2.82. The van der Waals surface area contributed by atoms with Crippen LogP contribution in [-0.4, -0.2) is 88.9 Å². The van der Waals surface area contributed by atoms with Gasteiger partial charge in [-0.1, -0.05) is 19.1 Å². The zero-order valence-electron chi connectivity index (χ0n) is 19.6. The van der Waals surface area contributed by atoms with Crippen LogP contribution in [-0.2, 0) is 4.74 Å². The molecule has 174 valence electrons. The third-order valence-electron chi connectivity index (χ3n) is 6.49. The van der Waals surface area contributed by atoms with Crippen LogP contribution in [0.3, 0.4) is 0 Å². The lowest BCUT2D eigenvalue weighted by atomic mass is 9.99. The van der Waals surface area contributed by atoms with Crippen molar-refractivity contribution in [1.29, 1.82) is 0 Å². The minimum absolute atomic E-state index is 0.267. The molecule has 0 spiro atoms. The number of hydrogen-bond donors (Lipinski definition) is 2. The number of piperidine rings is 1. The highest BCUT2D eigenvalue weighted by Crippen LogP contribution is 2.23. The maximum atomic E-state index is 5.57. The number of nitrogens with zero attached hydrogens (tertiary/aromatic N) is 3. The van der Waals surface area contributed by atoms with Gasteiger partial charge >= 0.3 is 0 Å². The molecule has 7 heteroatoms.